The van der Waals surface area contributed by atoms with Crippen LogP contribution < -0.4 is 10.6 Å². The zero-order valence-electron chi connectivity index (χ0n) is 25.0. The van der Waals surface area contributed by atoms with Crippen molar-refractivity contribution in [2.45, 2.75) is 6.04 Å². The van der Waals surface area contributed by atoms with Gasteiger partial charge in [-0.25, -0.2) is 20.0 Å². The second kappa shape index (κ2) is 12.1. The fourth-order valence-electron chi connectivity index (χ4n) is 6.01. The summed E-state index contributed by atoms with van der Waals surface area (Å²) >= 11 is 0. The molecule has 1 atom stereocenters. The molecule has 3 heterocycles. The topological polar surface area (TPSA) is 74.6 Å². The molecule has 0 fully saturated rings. The van der Waals surface area contributed by atoms with Gasteiger partial charge in [0.25, 0.3) is 0 Å². The number of benzene rings is 5. The van der Waals surface area contributed by atoms with E-state index in [1.807, 2.05) is 24.4 Å². The Kier molecular flexibility index (Phi) is 7.21. The minimum atomic E-state index is -0.0716. The van der Waals surface area contributed by atoms with Crippen LogP contribution in [-0.2, 0) is 0 Å². The summed E-state index contributed by atoms with van der Waals surface area (Å²) in [7, 11) is 0. The molecule has 0 spiro atoms. The van der Waals surface area contributed by atoms with Crippen LogP contribution in [0, 0.1) is 0 Å². The summed E-state index contributed by atoms with van der Waals surface area (Å²) in [6, 6.07) is 44.3. The highest BCUT2D eigenvalue weighted by Gasteiger charge is 2.26. The fraction of sp³-hybridized carbons (Fsp3) is 0.0500. The molecule has 220 valence electrons. The SMILES string of the molecule is C1=CN=C(c2cc(C3=Nc4ccc(-c5ccccc5)cc4C(c4ccccc4)N3)cc(-c3ccc(-c4ncccn4)cc3)c2)NC1. The van der Waals surface area contributed by atoms with Crippen molar-refractivity contribution in [3.05, 3.63) is 174 Å². The molecule has 6 heteroatoms. The van der Waals surface area contributed by atoms with Crippen molar-refractivity contribution in [3.63, 3.8) is 0 Å². The predicted molar refractivity (Wildman–Crippen MR) is 186 cm³/mol. The van der Waals surface area contributed by atoms with E-state index in [1.165, 1.54) is 16.7 Å². The number of amidine groups is 2. The van der Waals surface area contributed by atoms with Gasteiger partial charge >= 0.3 is 0 Å². The van der Waals surface area contributed by atoms with Crippen molar-refractivity contribution in [3.8, 4) is 33.6 Å². The number of hydrogen-bond acceptors (Lipinski definition) is 6. The van der Waals surface area contributed by atoms with E-state index in [-0.39, 0.29) is 6.04 Å². The monoisotopic (exact) mass is 594 g/mol. The molecule has 1 unspecified atom stereocenters. The maximum Gasteiger partial charge on any atom is 0.159 e. The minimum Gasteiger partial charge on any atom is -0.366 e. The molecular weight excluding hydrogens is 564 g/mol. The van der Waals surface area contributed by atoms with Gasteiger partial charge < -0.3 is 10.6 Å². The lowest BCUT2D eigenvalue weighted by Gasteiger charge is -2.29. The zero-order valence-corrected chi connectivity index (χ0v) is 25.0. The van der Waals surface area contributed by atoms with Crippen LogP contribution in [0.1, 0.15) is 28.3 Å². The number of nitrogens with one attached hydrogen (secondary N) is 2. The van der Waals surface area contributed by atoms with E-state index in [1.54, 1.807) is 12.4 Å². The van der Waals surface area contributed by atoms with E-state index in [0.717, 1.165) is 57.3 Å². The lowest BCUT2D eigenvalue weighted by molar-refractivity contribution is 0.749. The van der Waals surface area contributed by atoms with Gasteiger partial charge in [0.2, 0.25) is 0 Å². The number of nitrogens with zero attached hydrogens (tertiary/aromatic N) is 4. The van der Waals surface area contributed by atoms with Gasteiger partial charge in [0.1, 0.15) is 11.7 Å². The van der Waals surface area contributed by atoms with Gasteiger partial charge in [-0.3, -0.25) is 0 Å². The highest BCUT2D eigenvalue weighted by Crippen LogP contribution is 2.38. The van der Waals surface area contributed by atoms with E-state index in [0.29, 0.717) is 5.82 Å². The van der Waals surface area contributed by atoms with Gasteiger partial charge in [-0.1, -0.05) is 91.0 Å². The van der Waals surface area contributed by atoms with E-state index in [4.69, 9.17) is 4.99 Å². The first-order valence-corrected chi connectivity index (χ1v) is 15.4. The number of rotatable bonds is 6. The minimum absolute atomic E-state index is 0.0716. The Morgan fingerprint density at radius 2 is 1.20 bits per heavy atom. The van der Waals surface area contributed by atoms with Gasteiger partial charge in [0.15, 0.2) is 5.82 Å². The summed E-state index contributed by atoms with van der Waals surface area (Å²) in [6.07, 6.45) is 7.39. The standard InChI is InChI=1S/C40H30N6/c1-3-9-27(10-4-1)31-17-18-36-35(26-31)37(29-11-5-2-6-12-29)46-40(45-36)34-24-32(23-33(25-34)39-43-21-8-22-44-39)28-13-15-30(16-14-28)38-41-19-7-20-42-38/h1-21,23-26,37H,22H2,(H,43,44)(H,45,46). The Morgan fingerprint density at radius 1 is 0.543 bits per heavy atom. The Labute approximate surface area is 268 Å². The molecule has 6 aromatic rings. The summed E-state index contributed by atoms with van der Waals surface area (Å²) in [6.45, 7) is 0.733. The molecule has 2 N–H and O–H groups in total. The Bertz CT molecular complexity index is 2100. The maximum absolute atomic E-state index is 5.22. The molecule has 2 aliphatic heterocycles. The van der Waals surface area contributed by atoms with Crippen LogP contribution >= 0.6 is 0 Å². The van der Waals surface area contributed by atoms with Crippen molar-refractivity contribution in [2.24, 2.45) is 9.98 Å². The summed E-state index contributed by atoms with van der Waals surface area (Å²) in [4.78, 5) is 18.7. The molecule has 0 saturated heterocycles. The molecule has 8 rings (SSSR count). The van der Waals surface area contributed by atoms with Gasteiger partial charge in [-0.05, 0) is 70.3 Å². The van der Waals surface area contributed by atoms with Crippen molar-refractivity contribution in [1.29, 1.82) is 0 Å². The van der Waals surface area contributed by atoms with Crippen molar-refractivity contribution >= 4 is 17.4 Å². The molecule has 5 aromatic carbocycles. The molecule has 0 bridgehead atoms. The average Bonchev–Trinajstić information content (AvgIpc) is 3.15. The highest BCUT2D eigenvalue weighted by molar-refractivity contribution is 6.07. The lowest BCUT2D eigenvalue weighted by atomic mass is 9.91. The molecule has 0 aliphatic carbocycles. The lowest BCUT2D eigenvalue weighted by Crippen LogP contribution is -2.33. The highest BCUT2D eigenvalue weighted by atomic mass is 15.1. The maximum atomic E-state index is 5.22. The first-order chi connectivity index (χ1) is 22.8. The molecule has 1 aromatic heterocycles. The number of fused-ring (bicyclic) bond motifs is 1. The zero-order chi connectivity index (χ0) is 30.7. The quantitative estimate of drug-likeness (QED) is 0.204. The average molecular weight is 595 g/mol. The number of aliphatic imine (C=N–C) groups is 2. The van der Waals surface area contributed by atoms with Gasteiger partial charge in [0, 0.05) is 47.4 Å². The van der Waals surface area contributed by atoms with Crippen molar-refractivity contribution < 1.29 is 0 Å². The van der Waals surface area contributed by atoms with Crippen molar-refractivity contribution in [2.75, 3.05) is 6.54 Å². The van der Waals surface area contributed by atoms with Crippen LogP contribution in [0.15, 0.2) is 162 Å². The molecule has 2 aliphatic rings. The van der Waals surface area contributed by atoms with Gasteiger partial charge in [-0.15, -0.1) is 0 Å². The largest absolute Gasteiger partial charge is 0.366 e. The first kappa shape index (κ1) is 27.4. The number of aromatic nitrogens is 2. The Morgan fingerprint density at radius 3 is 1.93 bits per heavy atom. The van der Waals surface area contributed by atoms with E-state index < -0.39 is 0 Å². The van der Waals surface area contributed by atoms with Crippen LogP contribution in [0.2, 0.25) is 0 Å². The Hall–Kier alpha value is -6.14. The molecule has 0 saturated carbocycles. The second-order valence-electron chi connectivity index (χ2n) is 11.3. The van der Waals surface area contributed by atoms with Crippen LogP contribution in [0.25, 0.3) is 33.6 Å². The molecule has 46 heavy (non-hydrogen) atoms. The third-order valence-corrected chi connectivity index (χ3v) is 8.31. The van der Waals surface area contributed by atoms with Crippen LogP contribution in [0.5, 0.6) is 0 Å². The van der Waals surface area contributed by atoms with Crippen LogP contribution in [-0.4, -0.2) is 28.2 Å². The smallest absolute Gasteiger partial charge is 0.159 e. The van der Waals surface area contributed by atoms with Gasteiger partial charge in [-0.2, -0.15) is 0 Å². The molecule has 0 amide bonds. The first-order valence-electron chi connectivity index (χ1n) is 15.4. The van der Waals surface area contributed by atoms with Crippen LogP contribution in [0.4, 0.5) is 5.69 Å². The molecule has 6 nitrogen and oxygen atoms in total. The van der Waals surface area contributed by atoms with E-state index >= 15 is 0 Å². The summed E-state index contributed by atoms with van der Waals surface area (Å²) in [5, 5.41) is 7.25. The van der Waals surface area contributed by atoms with Crippen LogP contribution in [0.3, 0.4) is 0 Å². The summed E-state index contributed by atoms with van der Waals surface area (Å²) in [5.41, 5.74) is 10.7. The van der Waals surface area contributed by atoms with Crippen molar-refractivity contribution in [1.82, 2.24) is 20.6 Å². The van der Waals surface area contributed by atoms with E-state index in [9.17, 15) is 0 Å². The predicted octanol–water partition coefficient (Wildman–Crippen LogP) is 8.11. The van der Waals surface area contributed by atoms with E-state index in [2.05, 4.69) is 141 Å². The van der Waals surface area contributed by atoms with Gasteiger partial charge in [0.05, 0.1) is 11.7 Å². The molecular formula is C40H30N6. The fourth-order valence-corrected chi connectivity index (χ4v) is 6.01. The Balaban J connectivity index is 1.24. The second-order valence-corrected chi connectivity index (χ2v) is 11.3. The number of hydrogen-bond donors (Lipinski definition) is 2. The molecule has 0 radical (unpaired) electrons. The third kappa shape index (κ3) is 5.48. The third-order valence-electron chi connectivity index (χ3n) is 8.31. The summed E-state index contributed by atoms with van der Waals surface area (Å²) in [5.74, 6) is 2.36. The summed E-state index contributed by atoms with van der Waals surface area (Å²) < 4.78 is 0. The normalized spacial score (nSPS) is 15.2.